The van der Waals surface area contributed by atoms with E-state index in [0.29, 0.717) is 17.2 Å². The molecule has 0 radical (unpaired) electrons. The van der Waals surface area contributed by atoms with E-state index >= 15 is 0 Å². The first-order valence-electron chi connectivity index (χ1n) is 10.6. The molecule has 0 bridgehead atoms. The summed E-state index contributed by atoms with van der Waals surface area (Å²) in [6, 6.07) is 20.2. The van der Waals surface area contributed by atoms with Crippen LogP contribution in [-0.4, -0.2) is 30.2 Å². The second-order valence-electron chi connectivity index (χ2n) is 8.02. The second-order valence-corrected chi connectivity index (χ2v) is 9.27. The summed E-state index contributed by atoms with van der Waals surface area (Å²) in [7, 11) is 0. The Morgan fingerprint density at radius 3 is 2.46 bits per heavy atom. The smallest absolute Gasteiger partial charge is 0.119 e. The van der Waals surface area contributed by atoms with Crippen LogP contribution in [0.4, 0.5) is 0 Å². The van der Waals surface area contributed by atoms with E-state index in [-0.39, 0.29) is 0 Å². The van der Waals surface area contributed by atoms with Gasteiger partial charge in [-0.25, -0.2) is 4.31 Å². The molecule has 0 aromatic heterocycles. The Morgan fingerprint density at radius 1 is 0.964 bits per heavy atom. The minimum atomic E-state index is 0.569. The van der Waals surface area contributed by atoms with Gasteiger partial charge < -0.3 is 9.47 Å². The Labute approximate surface area is 173 Å². The van der Waals surface area contributed by atoms with Gasteiger partial charge in [-0.1, -0.05) is 54.4 Å². The van der Waals surface area contributed by atoms with Crippen LogP contribution in [0.2, 0.25) is 0 Å². The van der Waals surface area contributed by atoms with Crippen molar-refractivity contribution in [2.75, 3.05) is 19.8 Å². The lowest BCUT2D eigenvalue weighted by Gasteiger charge is -2.37. The molecule has 4 rings (SSSR count). The van der Waals surface area contributed by atoms with Gasteiger partial charge in [0.15, 0.2) is 0 Å². The maximum atomic E-state index is 6.01. The summed E-state index contributed by atoms with van der Waals surface area (Å²) in [6.45, 7) is 5.89. The van der Waals surface area contributed by atoms with Gasteiger partial charge in [0, 0.05) is 31.1 Å². The fourth-order valence-corrected chi connectivity index (χ4v) is 5.33. The van der Waals surface area contributed by atoms with E-state index in [1.54, 1.807) is 0 Å². The largest absolute Gasteiger partial charge is 0.493 e. The van der Waals surface area contributed by atoms with Crippen molar-refractivity contribution in [3.63, 3.8) is 0 Å². The van der Waals surface area contributed by atoms with E-state index in [0.717, 1.165) is 45.0 Å². The fourth-order valence-electron chi connectivity index (χ4n) is 3.94. The third kappa shape index (κ3) is 5.31. The molecule has 2 fully saturated rings. The highest BCUT2D eigenvalue weighted by atomic mass is 32.2. The van der Waals surface area contributed by atoms with Crippen molar-refractivity contribution in [2.45, 2.75) is 50.4 Å². The Kier molecular flexibility index (Phi) is 6.95. The van der Waals surface area contributed by atoms with Crippen molar-refractivity contribution in [1.82, 2.24) is 4.31 Å². The van der Waals surface area contributed by atoms with Gasteiger partial charge in [0.25, 0.3) is 0 Å². The van der Waals surface area contributed by atoms with E-state index < -0.39 is 0 Å². The molecule has 28 heavy (non-hydrogen) atoms. The lowest BCUT2D eigenvalue weighted by atomic mass is 10.0. The van der Waals surface area contributed by atoms with Crippen LogP contribution in [0.25, 0.3) is 0 Å². The topological polar surface area (TPSA) is 21.7 Å². The van der Waals surface area contributed by atoms with Crippen molar-refractivity contribution >= 4 is 11.9 Å². The van der Waals surface area contributed by atoms with Crippen LogP contribution < -0.4 is 4.74 Å². The predicted molar refractivity (Wildman–Crippen MR) is 116 cm³/mol. The highest BCUT2D eigenvalue weighted by Crippen LogP contribution is 2.43. The Morgan fingerprint density at radius 2 is 1.71 bits per heavy atom. The molecule has 2 heterocycles. The van der Waals surface area contributed by atoms with E-state index in [1.165, 1.54) is 24.0 Å². The van der Waals surface area contributed by atoms with Crippen molar-refractivity contribution < 1.29 is 9.47 Å². The molecule has 2 atom stereocenters. The van der Waals surface area contributed by atoms with Crippen LogP contribution in [0.15, 0.2) is 54.6 Å². The maximum Gasteiger partial charge on any atom is 0.119 e. The number of hydrogen-bond donors (Lipinski definition) is 0. The number of rotatable bonds is 6. The molecule has 2 aromatic carbocycles. The van der Waals surface area contributed by atoms with Gasteiger partial charge in [-0.3, -0.25) is 0 Å². The van der Waals surface area contributed by atoms with Crippen LogP contribution in [0.3, 0.4) is 0 Å². The lowest BCUT2D eigenvalue weighted by Crippen LogP contribution is -2.31. The van der Waals surface area contributed by atoms with Crippen molar-refractivity contribution in [3.8, 4) is 5.75 Å². The molecule has 0 saturated carbocycles. The SMILES string of the molecule is C[C@H]1CCC(c2ccccc2)SN1Cc1ccc(OCC2CCOCC2)cc1. The maximum absolute atomic E-state index is 6.01. The van der Waals surface area contributed by atoms with Crippen LogP contribution in [0, 0.1) is 5.92 Å². The molecular weight excluding hydrogens is 366 g/mol. The molecule has 1 unspecified atom stereocenters. The standard InChI is InChI=1S/C24H31NO2S/c1-19-7-12-24(22-5-3-2-4-6-22)28-25(19)17-20-8-10-23(11-9-20)27-18-21-13-15-26-16-14-21/h2-6,8-11,19,21,24H,7,12-18H2,1H3/t19-,24?/m0/s1. The molecule has 2 aliphatic rings. The normalized spacial score (nSPS) is 24.2. The van der Waals surface area contributed by atoms with Gasteiger partial charge >= 0.3 is 0 Å². The highest BCUT2D eigenvalue weighted by molar-refractivity contribution is 7.97. The molecule has 150 valence electrons. The monoisotopic (exact) mass is 397 g/mol. The average Bonchev–Trinajstić information content (AvgIpc) is 2.76. The van der Waals surface area contributed by atoms with Gasteiger partial charge in [-0.05, 0) is 61.8 Å². The van der Waals surface area contributed by atoms with Crippen molar-refractivity contribution in [3.05, 3.63) is 65.7 Å². The first-order valence-corrected chi connectivity index (χ1v) is 11.4. The zero-order valence-corrected chi connectivity index (χ0v) is 17.6. The Bertz CT molecular complexity index is 715. The number of hydrogen-bond acceptors (Lipinski definition) is 4. The molecular formula is C24H31NO2S. The second kappa shape index (κ2) is 9.82. The van der Waals surface area contributed by atoms with Gasteiger partial charge in [0.2, 0.25) is 0 Å². The first-order chi connectivity index (χ1) is 13.8. The third-order valence-corrected chi connectivity index (χ3v) is 7.38. The summed E-state index contributed by atoms with van der Waals surface area (Å²) in [6.07, 6.45) is 4.74. The van der Waals surface area contributed by atoms with Crippen LogP contribution in [0.5, 0.6) is 5.75 Å². The molecule has 2 aliphatic heterocycles. The third-order valence-electron chi connectivity index (χ3n) is 5.86. The van der Waals surface area contributed by atoms with Crippen molar-refractivity contribution in [2.24, 2.45) is 5.92 Å². The summed E-state index contributed by atoms with van der Waals surface area (Å²) in [4.78, 5) is 0. The molecule has 0 spiro atoms. The summed E-state index contributed by atoms with van der Waals surface area (Å²) >= 11 is 2.01. The van der Waals surface area contributed by atoms with E-state index in [2.05, 4.69) is 65.8 Å². The van der Waals surface area contributed by atoms with Gasteiger partial charge in [0.05, 0.1) is 6.61 Å². The number of nitrogens with zero attached hydrogens (tertiary/aromatic N) is 1. The number of benzene rings is 2. The zero-order chi connectivity index (χ0) is 19.2. The van der Waals surface area contributed by atoms with Crippen LogP contribution in [0.1, 0.15) is 49.0 Å². The first kappa shape index (κ1) is 19.8. The Balaban J connectivity index is 1.31. The zero-order valence-electron chi connectivity index (χ0n) is 16.8. The highest BCUT2D eigenvalue weighted by Gasteiger charge is 2.27. The molecule has 0 amide bonds. The number of ether oxygens (including phenoxy) is 2. The van der Waals surface area contributed by atoms with Crippen molar-refractivity contribution in [1.29, 1.82) is 0 Å². The van der Waals surface area contributed by atoms with E-state index in [9.17, 15) is 0 Å². The fraction of sp³-hybridized carbons (Fsp3) is 0.500. The quantitative estimate of drug-likeness (QED) is 0.569. The summed E-state index contributed by atoms with van der Waals surface area (Å²) in [5, 5.41) is 0.569. The molecule has 0 N–H and O–H groups in total. The minimum Gasteiger partial charge on any atom is -0.493 e. The summed E-state index contributed by atoms with van der Waals surface area (Å²) in [5.74, 6) is 1.62. The molecule has 2 aromatic rings. The van der Waals surface area contributed by atoms with Crippen LogP contribution in [-0.2, 0) is 11.3 Å². The Hall–Kier alpha value is -1.49. The predicted octanol–water partition coefficient (Wildman–Crippen LogP) is 5.87. The molecule has 3 nitrogen and oxygen atoms in total. The van der Waals surface area contributed by atoms with Crippen LogP contribution >= 0.6 is 11.9 Å². The summed E-state index contributed by atoms with van der Waals surface area (Å²) in [5.41, 5.74) is 2.80. The average molecular weight is 398 g/mol. The molecule has 0 aliphatic carbocycles. The van der Waals surface area contributed by atoms with Gasteiger partial charge in [0.1, 0.15) is 5.75 Å². The van der Waals surface area contributed by atoms with Gasteiger partial charge in [-0.2, -0.15) is 0 Å². The minimum absolute atomic E-state index is 0.569. The summed E-state index contributed by atoms with van der Waals surface area (Å²) < 4.78 is 14.0. The van der Waals surface area contributed by atoms with E-state index in [1.807, 2.05) is 11.9 Å². The molecule has 4 heteroatoms. The van der Waals surface area contributed by atoms with E-state index in [4.69, 9.17) is 9.47 Å². The lowest BCUT2D eigenvalue weighted by molar-refractivity contribution is 0.0497. The van der Waals surface area contributed by atoms with Gasteiger partial charge in [-0.15, -0.1) is 0 Å². The molecule has 2 saturated heterocycles.